The lowest BCUT2D eigenvalue weighted by Gasteiger charge is -2.04. The van der Waals surface area contributed by atoms with Crippen LogP contribution in [0.4, 0.5) is 0 Å². The molecule has 2 aromatic heterocycles. The fourth-order valence-electron chi connectivity index (χ4n) is 1.47. The van der Waals surface area contributed by atoms with Gasteiger partial charge in [-0.15, -0.1) is 12.4 Å². The van der Waals surface area contributed by atoms with Gasteiger partial charge in [0.1, 0.15) is 0 Å². The summed E-state index contributed by atoms with van der Waals surface area (Å²) >= 11 is 0. The lowest BCUT2D eigenvalue weighted by atomic mass is 10.1. The van der Waals surface area contributed by atoms with Gasteiger partial charge in [0.05, 0.1) is 5.69 Å². The van der Waals surface area contributed by atoms with Crippen LogP contribution < -0.4 is 5.32 Å². The van der Waals surface area contributed by atoms with E-state index in [0.29, 0.717) is 35.9 Å². The molecule has 0 fully saturated rings. The predicted octanol–water partition coefficient (Wildman–Crippen LogP) is 2.42. The Morgan fingerprint density at radius 3 is 2.53 bits per heavy atom. The summed E-state index contributed by atoms with van der Waals surface area (Å²) in [6, 6.07) is 2.14. The number of aromatic nitrogens is 3. The number of nitrogens with one attached hydrogen (secondary N) is 1. The number of rotatable bonds is 5. The summed E-state index contributed by atoms with van der Waals surface area (Å²) in [4.78, 5) is 4.29. The Morgan fingerprint density at radius 2 is 1.95 bits per heavy atom. The fourth-order valence-corrected chi connectivity index (χ4v) is 1.47. The fraction of sp³-hybridized carbons (Fsp3) is 0.583. The highest BCUT2D eigenvalue weighted by Crippen LogP contribution is 2.22. The van der Waals surface area contributed by atoms with E-state index >= 15 is 0 Å². The standard InChI is InChI=1S/C12H18N4O2.ClH/c1-7(2)9-6-10(17-15-9)12-14-11(16-18-12)5-8(3)13-4;/h6-8,13H,5H2,1-4H3;1H. The van der Waals surface area contributed by atoms with E-state index in [9.17, 15) is 0 Å². The maximum Gasteiger partial charge on any atom is 0.296 e. The normalized spacial score (nSPS) is 12.5. The van der Waals surface area contributed by atoms with Crippen LogP contribution in [0.5, 0.6) is 0 Å². The van der Waals surface area contributed by atoms with Crippen LogP contribution in [0.2, 0.25) is 0 Å². The van der Waals surface area contributed by atoms with Gasteiger partial charge in [0, 0.05) is 18.5 Å². The van der Waals surface area contributed by atoms with Crippen LogP contribution in [-0.2, 0) is 6.42 Å². The lowest BCUT2D eigenvalue weighted by Crippen LogP contribution is -2.24. The number of likely N-dealkylation sites (N-methyl/N-ethyl adjacent to an activating group) is 1. The Hall–Kier alpha value is -1.40. The van der Waals surface area contributed by atoms with E-state index in [2.05, 4.69) is 41.4 Å². The summed E-state index contributed by atoms with van der Waals surface area (Å²) in [5, 5.41) is 11.0. The molecule has 0 aliphatic rings. The molecule has 0 saturated heterocycles. The molecule has 2 rings (SSSR count). The van der Waals surface area contributed by atoms with Gasteiger partial charge in [0.15, 0.2) is 5.82 Å². The summed E-state index contributed by atoms with van der Waals surface area (Å²) in [5.74, 6) is 1.88. The lowest BCUT2D eigenvalue weighted by molar-refractivity contribution is 0.376. The first-order chi connectivity index (χ1) is 8.60. The second-order valence-electron chi connectivity index (χ2n) is 4.68. The molecule has 0 saturated carbocycles. The molecular weight excluding hydrogens is 268 g/mol. The molecule has 19 heavy (non-hydrogen) atoms. The van der Waals surface area contributed by atoms with E-state index in [4.69, 9.17) is 9.05 Å². The Morgan fingerprint density at radius 1 is 1.21 bits per heavy atom. The summed E-state index contributed by atoms with van der Waals surface area (Å²) in [6.45, 7) is 6.16. The van der Waals surface area contributed by atoms with Gasteiger partial charge in [0.2, 0.25) is 5.76 Å². The molecule has 0 spiro atoms. The van der Waals surface area contributed by atoms with Crippen molar-refractivity contribution >= 4 is 12.4 Å². The first kappa shape index (κ1) is 15.7. The van der Waals surface area contributed by atoms with Gasteiger partial charge in [-0.2, -0.15) is 4.98 Å². The van der Waals surface area contributed by atoms with Crippen LogP contribution >= 0.6 is 12.4 Å². The first-order valence-electron chi connectivity index (χ1n) is 6.07. The molecular formula is C12H19ClN4O2. The second kappa shape index (κ2) is 6.68. The molecule has 0 radical (unpaired) electrons. The Kier molecular flexibility index (Phi) is 5.50. The molecule has 1 unspecified atom stereocenters. The highest BCUT2D eigenvalue weighted by Gasteiger charge is 2.16. The molecule has 0 aromatic carbocycles. The van der Waals surface area contributed by atoms with Crippen molar-refractivity contribution in [2.75, 3.05) is 7.05 Å². The molecule has 1 atom stereocenters. The van der Waals surface area contributed by atoms with Gasteiger partial charge in [-0.05, 0) is 19.9 Å². The van der Waals surface area contributed by atoms with Gasteiger partial charge in [-0.25, -0.2) is 0 Å². The van der Waals surface area contributed by atoms with Crippen LogP contribution in [0.25, 0.3) is 11.7 Å². The van der Waals surface area contributed by atoms with Crippen LogP contribution in [0.3, 0.4) is 0 Å². The Balaban J connectivity index is 0.00000180. The van der Waals surface area contributed by atoms with Crippen molar-refractivity contribution in [2.24, 2.45) is 0 Å². The minimum absolute atomic E-state index is 0. The molecule has 0 aliphatic carbocycles. The number of halogens is 1. The number of hydrogen-bond donors (Lipinski definition) is 1. The van der Waals surface area contributed by atoms with Crippen molar-refractivity contribution in [3.05, 3.63) is 17.6 Å². The van der Waals surface area contributed by atoms with Crippen LogP contribution in [-0.4, -0.2) is 28.4 Å². The average Bonchev–Trinajstić information content (AvgIpc) is 2.96. The predicted molar refractivity (Wildman–Crippen MR) is 73.4 cm³/mol. The van der Waals surface area contributed by atoms with Gasteiger partial charge >= 0.3 is 0 Å². The zero-order valence-corrected chi connectivity index (χ0v) is 12.3. The van der Waals surface area contributed by atoms with E-state index in [1.165, 1.54) is 0 Å². The van der Waals surface area contributed by atoms with E-state index in [-0.39, 0.29) is 12.4 Å². The maximum atomic E-state index is 5.19. The summed E-state index contributed by atoms with van der Waals surface area (Å²) in [6.07, 6.45) is 0.713. The van der Waals surface area contributed by atoms with Crippen molar-refractivity contribution in [3.8, 4) is 11.7 Å². The first-order valence-corrected chi connectivity index (χ1v) is 6.07. The van der Waals surface area contributed by atoms with Gasteiger partial charge in [-0.3, -0.25) is 0 Å². The highest BCUT2D eigenvalue weighted by molar-refractivity contribution is 5.85. The second-order valence-corrected chi connectivity index (χ2v) is 4.68. The van der Waals surface area contributed by atoms with E-state index in [1.807, 2.05) is 13.1 Å². The number of hydrogen-bond acceptors (Lipinski definition) is 6. The average molecular weight is 287 g/mol. The smallest absolute Gasteiger partial charge is 0.296 e. The van der Waals surface area contributed by atoms with Gasteiger partial charge in [-0.1, -0.05) is 24.2 Å². The van der Waals surface area contributed by atoms with Crippen molar-refractivity contribution in [1.82, 2.24) is 20.6 Å². The van der Waals surface area contributed by atoms with Crippen molar-refractivity contribution in [3.63, 3.8) is 0 Å². The third-order valence-electron chi connectivity index (χ3n) is 2.78. The van der Waals surface area contributed by atoms with Crippen LogP contribution in [0.1, 0.15) is 38.2 Å². The summed E-state index contributed by atoms with van der Waals surface area (Å²) in [7, 11) is 1.90. The van der Waals surface area contributed by atoms with E-state index < -0.39 is 0 Å². The molecule has 7 heteroatoms. The van der Waals surface area contributed by atoms with Crippen molar-refractivity contribution in [1.29, 1.82) is 0 Å². The Bertz CT molecular complexity index is 509. The topological polar surface area (TPSA) is 77.0 Å². The third kappa shape index (κ3) is 3.78. The molecule has 6 nitrogen and oxygen atoms in total. The molecule has 2 heterocycles. The maximum absolute atomic E-state index is 5.19. The van der Waals surface area contributed by atoms with E-state index in [0.717, 1.165) is 5.69 Å². The van der Waals surface area contributed by atoms with Gasteiger partial charge in [0.25, 0.3) is 5.89 Å². The minimum atomic E-state index is 0. The molecule has 0 aliphatic heterocycles. The molecule has 1 N–H and O–H groups in total. The Labute approximate surface area is 118 Å². The molecule has 0 bridgehead atoms. The largest absolute Gasteiger partial charge is 0.351 e. The van der Waals surface area contributed by atoms with E-state index in [1.54, 1.807) is 0 Å². The van der Waals surface area contributed by atoms with Gasteiger partial charge < -0.3 is 14.4 Å². The quantitative estimate of drug-likeness (QED) is 0.909. The van der Waals surface area contributed by atoms with Crippen LogP contribution in [0, 0.1) is 0 Å². The van der Waals surface area contributed by atoms with Crippen molar-refractivity contribution in [2.45, 2.75) is 39.2 Å². The summed E-state index contributed by atoms with van der Waals surface area (Å²) < 4.78 is 10.4. The summed E-state index contributed by atoms with van der Waals surface area (Å²) in [5.41, 5.74) is 0.883. The zero-order chi connectivity index (χ0) is 13.1. The SMILES string of the molecule is CNC(C)Cc1noc(-c2cc(C(C)C)no2)n1.Cl. The zero-order valence-electron chi connectivity index (χ0n) is 11.5. The minimum Gasteiger partial charge on any atom is -0.351 e. The third-order valence-corrected chi connectivity index (χ3v) is 2.78. The molecule has 2 aromatic rings. The van der Waals surface area contributed by atoms with Crippen LogP contribution in [0.15, 0.2) is 15.1 Å². The van der Waals surface area contributed by atoms with Crippen molar-refractivity contribution < 1.29 is 9.05 Å². The monoisotopic (exact) mass is 286 g/mol. The number of nitrogens with zero attached hydrogens (tertiary/aromatic N) is 3. The highest BCUT2D eigenvalue weighted by atomic mass is 35.5. The molecule has 106 valence electrons. The molecule has 0 amide bonds.